The van der Waals surface area contributed by atoms with Gasteiger partial charge in [0.2, 0.25) is 0 Å². The largest absolute Gasteiger partial charge is 0.179 e. The third-order valence-corrected chi connectivity index (χ3v) is 20.7. The lowest BCUT2D eigenvalue weighted by Crippen LogP contribution is -2.72. The minimum atomic E-state index is -3.67. The molecule has 1 aliphatic carbocycles. The van der Waals surface area contributed by atoms with Gasteiger partial charge in [-0.3, -0.25) is 0 Å². The molecule has 67 heavy (non-hydrogen) atoms. The van der Waals surface area contributed by atoms with Crippen LogP contribution in [0.2, 0.25) is 0 Å². The van der Waals surface area contributed by atoms with Crippen LogP contribution in [0.25, 0.3) is 66.8 Å². The lowest BCUT2D eigenvalue weighted by atomic mass is 9.92. The standard InChI is InChI=1S/C66H58Si/c1-44-38-41-57(51-26-14-8-15-27-51)60(54-32-20-11-21-33-54)63(44)67(66-49(6)47(4)48(5)50(66)7,64-45(2)39-42-58(52-28-16-9-17-29-52)61(64)55-34-22-12-23-35-55)65-46(3)40-43-59(53-30-18-10-19-31-53)62(65)56-36-24-13-25-37-56/h8-43,49H,1-7H3. The van der Waals surface area contributed by atoms with E-state index in [1.807, 2.05) is 0 Å². The van der Waals surface area contributed by atoms with Crippen LogP contribution in [0.1, 0.15) is 44.4 Å². The van der Waals surface area contributed by atoms with E-state index in [1.54, 1.807) is 5.20 Å². The molecule has 0 bridgehead atoms. The molecule has 0 saturated heterocycles. The summed E-state index contributed by atoms with van der Waals surface area (Å²) in [5.74, 6) is 0.168. The van der Waals surface area contributed by atoms with Gasteiger partial charge in [0.1, 0.15) is 0 Å². The van der Waals surface area contributed by atoms with Crippen LogP contribution in [0.15, 0.2) is 240 Å². The summed E-state index contributed by atoms with van der Waals surface area (Å²) in [6.45, 7) is 17.0. The fourth-order valence-corrected chi connectivity index (χ4v) is 18.8. The van der Waals surface area contributed by atoms with Gasteiger partial charge < -0.3 is 0 Å². The van der Waals surface area contributed by atoms with Crippen molar-refractivity contribution in [2.45, 2.75) is 48.5 Å². The Bertz CT molecular complexity index is 2990. The number of benzene rings is 9. The maximum atomic E-state index is 2.52. The average Bonchev–Trinajstić information content (AvgIpc) is 3.57. The first kappa shape index (κ1) is 43.6. The van der Waals surface area contributed by atoms with E-state index >= 15 is 0 Å². The monoisotopic (exact) mass is 878 g/mol. The number of aryl methyl sites for hydroxylation is 3. The molecule has 0 heterocycles. The van der Waals surface area contributed by atoms with Gasteiger partial charge in [0.15, 0.2) is 8.07 Å². The molecule has 9 aromatic rings. The first-order chi connectivity index (χ1) is 32.7. The topological polar surface area (TPSA) is 0 Å². The fraction of sp³-hybridized carbons (Fsp3) is 0.121. The Labute approximate surface area is 399 Å². The van der Waals surface area contributed by atoms with Crippen molar-refractivity contribution in [2.24, 2.45) is 5.92 Å². The van der Waals surface area contributed by atoms with E-state index in [0.29, 0.717) is 0 Å². The van der Waals surface area contributed by atoms with Gasteiger partial charge in [-0.05, 0) is 135 Å². The van der Waals surface area contributed by atoms with Crippen molar-refractivity contribution in [3.63, 3.8) is 0 Å². The number of rotatable bonds is 10. The molecule has 0 saturated carbocycles. The smallest absolute Gasteiger partial charge is 0.0636 e. The Morgan fingerprint density at radius 1 is 0.284 bits per heavy atom. The molecule has 0 spiro atoms. The first-order valence-electron chi connectivity index (χ1n) is 23.9. The highest BCUT2D eigenvalue weighted by atomic mass is 28.3. The Morgan fingerprint density at radius 2 is 0.537 bits per heavy atom. The fourth-order valence-electron chi connectivity index (χ4n) is 11.6. The van der Waals surface area contributed by atoms with Gasteiger partial charge in [-0.2, -0.15) is 0 Å². The molecule has 0 radical (unpaired) electrons. The third-order valence-electron chi connectivity index (χ3n) is 14.9. The zero-order valence-electron chi connectivity index (χ0n) is 39.9. The number of hydrogen-bond acceptors (Lipinski definition) is 0. The maximum Gasteiger partial charge on any atom is 0.179 e. The van der Waals surface area contributed by atoms with Crippen molar-refractivity contribution < 1.29 is 0 Å². The third kappa shape index (κ3) is 7.39. The quantitative estimate of drug-likeness (QED) is 0.0948. The van der Waals surface area contributed by atoms with Gasteiger partial charge >= 0.3 is 0 Å². The zero-order valence-corrected chi connectivity index (χ0v) is 40.9. The molecule has 0 fully saturated rings. The van der Waals surface area contributed by atoms with E-state index in [1.165, 1.54) is 116 Å². The second kappa shape index (κ2) is 18.2. The van der Waals surface area contributed by atoms with Crippen molar-refractivity contribution in [1.29, 1.82) is 0 Å². The minimum absolute atomic E-state index is 0.168. The van der Waals surface area contributed by atoms with Crippen molar-refractivity contribution >= 4 is 23.6 Å². The van der Waals surface area contributed by atoms with Gasteiger partial charge in [-0.25, -0.2) is 0 Å². The molecule has 1 heteroatoms. The van der Waals surface area contributed by atoms with E-state index in [4.69, 9.17) is 0 Å². The van der Waals surface area contributed by atoms with Crippen molar-refractivity contribution in [3.05, 3.63) is 257 Å². The van der Waals surface area contributed by atoms with Crippen LogP contribution >= 0.6 is 0 Å². The van der Waals surface area contributed by atoms with Crippen molar-refractivity contribution in [2.75, 3.05) is 0 Å². The SMILES string of the molecule is CC1=C(C)C(C)C([Si](c2c(C)ccc(-c3ccccc3)c2-c2ccccc2)(c2c(C)ccc(-c3ccccc3)c2-c2ccccc2)c2c(C)ccc(-c3ccccc3)c2-c2ccccc2)=C1C. The molecular formula is C66H58Si. The van der Waals surface area contributed by atoms with E-state index in [0.717, 1.165) is 0 Å². The van der Waals surface area contributed by atoms with Gasteiger partial charge in [0.05, 0.1) is 0 Å². The lowest BCUT2D eigenvalue weighted by molar-refractivity contribution is 0.851. The van der Waals surface area contributed by atoms with Crippen LogP contribution in [0.4, 0.5) is 0 Å². The Morgan fingerprint density at radius 3 is 0.776 bits per heavy atom. The zero-order chi connectivity index (χ0) is 46.2. The number of allylic oxidation sites excluding steroid dienone is 4. The second-order valence-electron chi connectivity index (χ2n) is 18.6. The summed E-state index contributed by atoms with van der Waals surface area (Å²) in [6.07, 6.45) is 0. The Balaban J connectivity index is 1.58. The average molecular weight is 879 g/mol. The summed E-state index contributed by atoms with van der Waals surface area (Å²) in [5, 5.41) is 5.95. The van der Waals surface area contributed by atoms with Crippen molar-refractivity contribution in [3.8, 4) is 66.8 Å². The summed E-state index contributed by atoms with van der Waals surface area (Å²) in [5.41, 5.74) is 23.3. The van der Waals surface area contributed by atoms with E-state index in [9.17, 15) is 0 Å². The molecule has 0 aromatic heterocycles. The van der Waals surface area contributed by atoms with Crippen LogP contribution in [0, 0.1) is 26.7 Å². The van der Waals surface area contributed by atoms with E-state index in [2.05, 4.69) is 267 Å². The van der Waals surface area contributed by atoms with Gasteiger partial charge in [-0.15, -0.1) is 0 Å². The molecule has 326 valence electrons. The Hall–Kier alpha value is -7.32. The van der Waals surface area contributed by atoms with E-state index in [-0.39, 0.29) is 5.92 Å². The van der Waals surface area contributed by atoms with Crippen LogP contribution < -0.4 is 15.6 Å². The van der Waals surface area contributed by atoms with E-state index < -0.39 is 8.07 Å². The normalized spacial score (nSPS) is 13.9. The molecule has 9 aromatic carbocycles. The highest BCUT2D eigenvalue weighted by molar-refractivity contribution is 7.18. The lowest BCUT2D eigenvalue weighted by Gasteiger charge is -2.45. The molecule has 0 nitrogen and oxygen atoms in total. The maximum absolute atomic E-state index is 3.67. The number of hydrogen-bond donors (Lipinski definition) is 0. The molecule has 0 aliphatic heterocycles. The molecular weight excluding hydrogens is 821 g/mol. The molecule has 1 atom stereocenters. The highest BCUT2D eigenvalue weighted by Gasteiger charge is 2.54. The summed E-state index contributed by atoms with van der Waals surface area (Å²) in [7, 11) is -3.67. The second-order valence-corrected chi connectivity index (χ2v) is 22.1. The molecule has 0 amide bonds. The summed E-state index contributed by atoms with van der Waals surface area (Å²) >= 11 is 0. The summed E-state index contributed by atoms with van der Waals surface area (Å²) < 4.78 is 0. The van der Waals surface area contributed by atoms with Crippen molar-refractivity contribution in [1.82, 2.24) is 0 Å². The predicted octanol–water partition coefficient (Wildman–Crippen LogP) is 15.9. The predicted molar refractivity (Wildman–Crippen MR) is 291 cm³/mol. The molecule has 1 aliphatic rings. The van der Waals surface area contributed by atoms with Gasteiger partial charge in [-0.1, -0.05) is 258 Å². The molecule has 0 N–H and O–H groups in total. The first-order valence-corrected chi connectivity index (χ1v) is 25.9. The minimum Gasteiger partial charge on any atom is -0.0636 e. The van der Waals surface area contributed by atoms with Crippen LogP contribution in [-0.2, 0) is 0 Å². The summed E-state index contributed by atoms with van der Waals surface area (Å²) in [6, 6.07) is 81.9. The Kier molecular flexibility index (Phi) is 11.8. The van der Waals surface area contributed by atoms with Crippen LogP contribution in [-0.4, -0.2) is 8.07 Å². The molecule has 10 rings (SSSR count). The highest BCUT2D eigenvalue weighted by Crippen LogP contribution is 2.48. The molecule has 1 unspecified atom stereocenters. The summed E-state index contributed by atoms with van der Waals surface area (Å²) in [4.78, 5) is 0. The van der Waals surface area contributed by atoms with Crippen LogP contribution in [0.3, 0.4) is 0 Å². The van der Waals surface area contributed by atoms with Gasteiger partial charge in [0.25, 0.3) is 0 Å². The van der Waals surface area contributed by atoms with Gasteiger partial charge in [0, 0.05) is 0 Å². The van der Waals surface area contributed by atoms with Crippen LogP contribution in [0.5, 0.6) is 0 Å².